The average molecular weight is 206 g/mol. The SMILES string of the molecule is CC(=O)/C=C/C1C(C)CC=C(C)C1(C)C. The molecule has 15 heavy (non-hydrogen) atoms. The van der Waals surface area contributed by atoms with E-state index in [1.54, 1.807) is 13.0 Å². The molecule has 1 nitrogen and oxygen atoms in total. The summed E-state index contributed by atoms with van der Waals surface area (Å²) in [5.41, 5.74) is 1.63. The first kappa shape index (κ1) is 12.2. The smallest absolute Gasteiger partial charge is 0.152 e. The third-order valence-corrected chi connectivity index (χ3v) is 3.80. The van der Waals surface area contributed by atoms with Crippen LogP contribution in [0.2, 0.25) is 0 Å². The summed E-state index contributed by atoms with van der Waals surface area (Å²) in [6.45, 7) is 10.6. The minimum Gasteiger partial charge on any atom is -0.295 e. The lowest BCUT2D eigenvalue weighted by Crippen LogP contribution is -2.32. The topological polar surface area (TPSA) is 17.1 Å². The maximum absolute atomic E-state index is 11.0. The fraction of sp³-hybridized carbons (Fsp3) is 0.643. The average Bonchev–Trinajstić information content (AvgIpc) is 2.11. The second-order valence-electron chi connectivity index (χ2n) is 5.32. The molecular formula is C14H22O. The minimum absolute atomic E-state index is 0.144. The fourth-order valence-electron chi connectivity index (χ4n) is 2.42. The summed E-state index contributed by atoms with van der Waals surface area (Å²) in [7, 11) is 0. The van der Waals surface area contributed by atoms with Crippen LogP contribution in [0.25, 0.3) is 0 Å². The zero-order valence-electron chi connectivity index (χ0n) is 10.5. The van der Waals surface area contributed by atoms with E-state index in [0.29, 0.717) is 11.8 Å². The van der Waals surface area contributed by atoms with Gasteiger partial charge in [0.05, 0.1) is 0 Å². The van der Waals surface area contributed by atoms with E-state index in [0.717, 1.165) is 6.42 Å². The lowest BCUT2D eigenvalue weighted by molar-refractivity contribution is -0.112. The van der Waals surface area contributed by atoms with E-state index in [1.165, 1.54) is 5.57 Å². The van der Waals surface area contributed by atoms with Crippen molar-refractivity contribution in [3.05, 3.63) is 23.8 Å². The van der Waals surface area contributed by atoms with Crippen molar-refractivity contribution in [2.45, 2.75) is 41.0 Å². The molecule has 1 heteroatoms. The molecule has 0 aromatic rings. The molecule has 0 spiro atoms. The highest BCUT2D eigenvalue weighted by Gasteiger charge is 2.35. The Morgan fingerprint density at radius 1 is 1.53 bits per heavy atom. The van der Waals surface area contributed by atoms with Gasteiger partial charge in [0.25, 0.3) is 0 Å². The number of carbonyl (C=O) groups excluding carboxylic acids is 1. The van der Waals surface area contributed by atoms with Crippen molar-refractivity contribution in [2.75, 3.05) is 0 Å². The van der Waals surface area contributed by atoms with Crippen LogP contribution in [0.3, 0.4) is 0 Å². The highest BCUT2D eigenvalue weighted by Crippen LogP contribution is 2.44. The first-order valence-corrected chi connectivity index (χ1v) is 5.71. The van der Waals surface area contributed by atoms with Gasteiger partial charge < -0.3 is 0 Å². The Balaban J connectivity index is 2.95. The molecule has 0 bridgehead atoms. The number of rotatable bonds is 2. The lowest BCUT2D eigenvalue weighted by atomic mass is 9.64. The number of hydrogen-bond donors (Lipinski definition) is 0. The molecule has 1 aliphatic rings. The van der Waals surface area contributed by atoms with Gasteiger partial charge in [-0.05, 0) is 43.6 Å². The van der Waals surface area contributed by atoms with Gasteiger partial charge in [-0.25, -0.2) is 0 Å². The molecule has 84 valence electrons. The van der Waals surface area contributed by atoms with E-state index < -0.39 is 0 Å². The van der Waals surface area contributed by atoms with E-state index >= 15 is 0 Å². The Labute approximate surface area is 93.3 Å². The normalized spacial score (nSPS) is 30.3. The van der Waals surface area contributed by atoms with E-state index in [2.05, 4.69) is 39.8 Å². The van der Waals surface area contributed by atoms with E-state index in [1.807, 2.05) is 0 Å². The monoisotopic (exact) mass is 206 g/mol. The summed E-state index contributed by atoms with van der Waals surface area (Å²) in [6.07, 6.45) is 7.29. The van der Waals surface area contributed by atoms with Crippen LogP contribution < -0.4 is 0 Å². The van der Waals surface area contributed by atoms with Gasteiger partial charge in [0.1, 0.15) is 0 Å². The Morgan fingerprint density at radius 2 is 2.13 bits per heavy atom. The zero-order chi connectivity index (χ0) is 11.6. The van der Waals surface area contributed by atoms with Gasteiger partial charge in [-0.3, -0.25) is 4.79 Å². The van der Waals surface area contributed by atoms with E-state index in [9.17, 15) is 4.79 Å². The number of ketones is 1. The summed E-state index contributed by atoms with van der Waals surface area (Å²) in [4.78, 5) is 11.0. The van der Waals surface area contributed by atoms with Crippen LogP contribution in [0, 0.1) is 17.3 Å². The third-order valence-electron chi connectivity index (χ3n) is 3.80. The molecule has 0 radical (unpaired) electrons. The zero-order valence-corrected chi connectivity index (χ0v) is 10.5. The van der Waals surface area contributed by atoms with Crippen LogP contribution in [0.15, 0.2) is 23.8 Å². The van der Waals surface area contributed by atoms with Gasteiger partial charge in [0.15, 0.2) is 5.78 Å². The quantitative estimate of drug-likeness (QED) is 0.496. The second kappa shape index (κ2) is 4.34. The van der Waals surface area contributed by atoms with Crippen molar-refractivity contribution in [3.8, 4) is 0 Å². The standard InChI is InChI=1S/C14H22O/c1-10-6-7-11(2)14(4,5)13(10)9-8-12(3)15/h7-10,13H,6H2,1-5H3/b9-8+. The first-order chi connectivity index (χ1) is 6.85. The maximum Gasteiger partial charge on any atom is 0.152 e. The second-order valence-corrected chi connectivity index (χ2v) is 5.32. The van der Waals surface area contributed by atoms with E-state index in [-0.39, 0.29) is 11.2 Å². The molecule has 0 aromatic heterocycles. The molecular weight excluding hydrogens is 184 g/mol. The maximum atomic E-state index is 11.0. The molecule has 0 N–H and O–H groups in total. The van der Waals surface area contributed by atoms with Crippen molar-refractivity contribution >= 4 is 5.78 Å². The highest BCUT2D eigenvalue weighted by molar-refractivity contribution is 5.87. The summed E-state index contributed by atoms with van der Waals surface area (Å²) < 4.78 is 0. The summed E-state index contributed by atoms with van der Waals surface area (Å²) in [5.74, 6) is 1.25. The van der Waals surface area contributed by atoms with Crippen molar-refractivity contribution in [1.29, 1.82) is 0 Å². The highest BCUT2D eigenvalue weighted by atomic mass is 16.1. The largest absolute Gasteiger partial charge is 0.295 e. The lowest BCUT2D eigenvalue weighted by Gasteiger charge is -2.41. The number of allylic oxidation sites excluding steroid dienone is 4. The fourth-order valence-corrected chi connectivity index (χ4v) is 2.42. The molecule has 0 saturated carbocycles. The van der Waals surface area contributed by atoms with Crippen LogP contribution in [0.1, 0.15) is 41.0 Å². The van der Waals surface area contributed by atoms with Gasteiger partial charge in [-0.2, -0.15) is 0 Å². The minimum atomic E-state index is 0.144. The van der Waals surface area contributed by atoms with Gasteiger partial charge in [-0.15, -0.1) is 0 Å². The third kappa shape index (κ3) is 2.58. The van der Waals surface area contributed by atoms with Crippen LogP contribution in [-0.2, 0) is 4.79 Å². The van der Waals surface area contributed by atoms with Crippen LogP contribution in [0.4, 0.5) is 0 Å². The predicted octanol–water partition coefficient (Wildman–Crippen LogP) is 3.76. The van der Waals surface area contributed by atoms with Crippen molar-refractivity contribution in [1.82, 2.24) is 0 Å². The number of hydrogen-bond acceptors (Lipinski definition) is 1. The Morgan fingerprint density at radius 3 is 2.67 bits per heavy atom. The predicted molar refractivity (Wildman–Crippen MR) is 64.6 cm³/mol. The Bertz CT molecular complexity index is 307. The molecule has 0 aliphatic heterocycles. The molecule has 1 rings (SSSR count). The summed E-state index contributed by atoms with van der Waals surface area (Å²) in [6, 6.07) is 0. The van der Waals surface area contributed by atoms with Crippen molar-refractivity contribution in [3.63, 3.8) is 0 Å². The first-order valence-electron chi connectivity index (χ1n) is 5.71. The van der Waals surface area contributed by atoms with Crippen LogP contribution in [-0.4, -0.2) is 5.78 Å². The van der Waals surface area contributed by atoms with Crippen LogP contribution >= 0.6 is 0 Å². The van der Waals surface area contributed by atoms with Gasteiger partial charge in [0, 0.05) is 0 Å². The van der Waals surface area contributed by atoms with Gasteiger partial charge >= 0.3 is 0 Å². The Kier molecular flexibility index (Phi) is 3.54. The van der Waals surface area contributed by atoms with Crippen molar-refractivity contribution < 1.29 is 4.79 Å². The van der Waals surface area contributed by atoms with E-state index in [4.69, 9.17) is 0 Å². The van der Waals surface area contributed by atoms with Crippen molar-refractivity contribution in [2.24, 2.45) is 17.3 Å². The molecule has 0 amide bonds. The molecule has 1 aliphatic carbocycles. The molecule has 2 atom stereocenters. The molecule has 0 saturated heterocycles. The summed E-state index contributed by atoms with van der Waals surface area (Å²) >= 11 is 0. The number of carbonyl (C=O) groups is 1. The van der Waals surface area contributed by atoms with Gasteiger partial charge in [0.2, 0.25) is 0 Å². The van der Waals surface area contributed by atoms with Gasteiger partial charge in [-0.1, -0.05) is 38.5 Å². The molecule has 0 fully saturated rings. The summed E-state index contributed by atoms with van der Waals surface area (Å²) in [5, 5.41) is 0. The molecule has 0 heterocycles. The molecule has 2 unspecified atom stereocenters. The van der Waals surface area contributed by atoms with Crippen LogP contribution in [0.5, 0.6) is 0 Å². The molecule has 0 aromatic carbocycles. The Hall–Kier alpha value is -0.850.